The summed E-state index contributed by atoms with van der Waals surface area (Å²) >= 11 is 1.80. The topological polar surface area (TPSA) is 30.7 Å². The molecule has 3 aromatic rings. The van der Waals surface area contributed by atoms with Crippen molar-refractivity contribution in [3.05, 3.63) is 69.6 Å². The monoisotopic (exact) mass is 351 g/mol. The fourth-order valence-electron chi connectivity index (χ4n) is 3.11. The largest absolute Gasteiger partial charge is 0.273 e. The molecule has 0 aliphatic rings. The maximum atomic E-state index is 4.43. The van der Waals surface area contributed by atoms with Crippen molar-refractivity contribution < 1.29 is 0 Å². The van der Waals surface area contributed by atoms with E-state index in [1.807, 2.05) is 6.92 Å². The van der Waals surface area contributed by atoms with E-state index in [9.17, 15) is 0 Å². The fraction of sp³-hybridized carbons (Fsp3) is 0.333. The van der Waals surface area contributed by atoms with Crippen molar-refractivity contribution in [3.63, 3.8) is 0 Å². The molecule has 0 atom stereocenters. The maximum absolute atomic E-state index is 4.43. The molecule has 0 saturated carbocycles. The van der Waals surface area contributed by atoms with Gasteiger partial charge in [0.05, 0.1) is 0 Å². The number of hydrogen-bond donors (Lipinski definition) is 0. The molecular weight excluding hydrogens is 326 g/mol. The molecule has 1 aromatic carbocycles. The Hall–Kier alpha value is -2.20. The first-order valence-electron chi connectivity index (χ1n) is 8.77. The normalized spacial score (nSPS) is 11.1. The second kappa shape index (κ2) is 6.96. The van der Waals surface area contributed by atoms with Crippen molar-refractivity contribution >= 4 is 16.9 Å². The van der Waals surface area contributed by atoms with Crippen LogP contribution >= 0.6 is 11.3 Å². The number of hydrogen-bond acceptors (Lipinski definition) is 3. The lowest BCUT2D eigenvalue weighted by molar-refractivity contribution is 0.880. The summed E-state index contributed by atoms with van der Waals surface area (Å²) in [5.41, 5.74) is 6.08. The van der Waals surface area contributed by atoms with E-state index in [0.717, 1.165) is 30.1 Å². The van der Waals surface area contributed by atoms with Crippen molar-refractivity contribution in [2.75, 3.05) is 0 Å². The standard InChI is InChI=1S/C21H25N3S/c1-7-17-9-11-18(12-10-17)14(4)20-13(3)15(5)25-21(20)24-16(6)22-23-19(24)8-2/h9-12H,4,7-8H2,1-3,5-6H3. The molecule has 0 spiro atoms. The number of aryl methyl sites for hydroxylation is 4. The third kappa shape index (κ3) is 3.07. The van der Waals surface area contributed by atoms with Gasteiger partial charge in [0.1, 0.15) is 16.6 Å². The van der Waals surface area contributed by atoms with Crippen molar-refractivity contribution in [2.45, 2.75) is 47.5 Å². The van der Waals surface area contributed by atoms with E-state index in [1.165, 1.54) is 32.1 Å². The Bertz CT molecular complexity index is 914. The molecule has 2 aromatic heterocycles. The third-order valence-corrected chi connectivity index (χ3v) is 5.98. The van der Waals surface area contributed by atoms with Crippen LogP contribution in [0.5, 0.6) is 0 Å². The first-order valence-corrected chi connectivity index (χ1v) is 9.59. The molecule has 0 fully saturated rings. The lowest BCUT2D eigenvalue weighted by atomic mass is 9.96. The van der Waals surface area contributed by atoms with Crippen molar-refractivity contribution in [3.8, 4) is 5.00 Å². The summed E-state index contributed by atoms with van der Waals surface area (Å²) in [6.07, 6.45) is 1.91. The number of nitrogens with zero attached hydrogens (tertiary/aromatic N) is 3. The van der Waals surface area contributed by atoms with Gasteiger partial charge in [-0.05, 0) is 49.5 Å². The van der Waals surface area contributed by atoms with E-state index in [4.69, 9.17) is 0 Å². The summed E-state index contributed by atoms with van der Waals surface area (Å²) < 4.78 is 2.19. The molecule has 3 nitrogen and oxygen atoms in total. The first kappa shape index (κ1) is 17.6. The minimum absolute atomic E-state index is 0.855. The van der Waals surface area contributed by atoms with E-state index in [2.05, 4.69) is 73.3 Å². The summed E-state index contributed by atoms with van der Waals surface area (Å²) in [5, 5.41) is 9.80. The van der Waals surface area contributed by atoms with Crippen molar-refractivity contribution in [1.82, 2.24) is 14.8 Å². The van der Waals surface area contributed by atoms with E-state index in [0.29, 0.717) is 0 Å². The zero-order valence-corrected chi connectivity index (χ0v) is 16.5. The molecule has 0 aliphatic carbocycles. The highest BCUT2D eigenvalue weighted by atomic mass is 32.1. The Labute approximate surface area is 154 Å². The number of rotatable bonds is 5. The SMILES string of the molecule is C=C(c1ccc(CC)cc1)c1c(-n2c(C)nnc2CC)sc(C)c1C. The van der Waals surface area contributed by atoms with Crippen LogP contribution in [0.15, 0.2) is 30.8 Å². The minimum atomic E-state index is 0.855. The van der Waals surface area contributed by atoms with Crippen LogP contribution in [0, 0.1) is 20.8 Å². The van der Waals surface area contributed by atoms with Gasteiger partial charge in [-0.1, -0.05) is 44.7 Å². The van der Waals surface area contributed by atoms with Gasteiger partial charge in [0, 0.05) is 16.9 Å². The van der Waals surface area contributed by atoms with E-state index in [-0.39, 0.29) is 0 Å². The van der Waals surface area contributed by atoms with E-state index >= 15 is 0 Å². The number of thiophene rings is 1. The fourth-order valence-corrected chi connectivity index (χ4v) is 4.36. The summed E-state index contributed by atoms with van der Waals surface area (Å²) in [5.74, 6) is 1.92. The number of aromatic nitrogens is 3. The van der Waals surface area contributed by atoms with Crippen LogP contribution in [-0.4, -0.2) is 14.8 Å². The van der Waals surface area contributed by atoms with Gasteiger partial charge in [-0.2, -0.15) is 0 Å². The molecule has 0 aliphatic heterocycles. The van der Waals surface area contributed by atoms with Gasteiger partial charge in [-0.3, -0.25) is 4.57 Å². The Morgan fingerprint density at radius 3 is 2.32 bits per heavy atom. The summed E-state index contributed by atoms with van der Waals surface area (Å²) in [4.78, 5) is 1.31. The Morgan fingerprint density at radius 2 is 1.72 bits per heavy atom. The predicted octanol–water partition coefficient (Wildman–Crippen LogP) is 5.44. The van der Waals surface area contributed by atoms with Crippen LogP contribution in [-0.2, 0) is 12.8 Å². The molecule has 25 heavy (non-hydrogen) atoms. The van der Waals surface area contributed by atoms with Crippen LogP contribution in [0.25, 0.3) is 10.6 Å². The molecule has 4 heteroatoms. The second-order valence-corrected chi connectivity index (χ2v) is 7.55. The van der Waals surface area contributed by atoms with Crippen molar-refractivity contribution in [2.24, 2.45) is 0 Å². The van der Waals surface area contributed by atoms with Gasteiger partial charge in [-0.25, -0.2) is 0 Å². The van der Waals surface area contributed by atoms with Crippen LogP contribution in [0.1, 0.15) is 52.6 Å². The highest BCUT2D eigenvalue weighted by Gasteiger charge is 2.21. The lowest BCUT2D eigenvalue weighted by Gasteiger charge is -2.13. The van der Waals surface area contributed by atoms with Crippen molar-refractivity contribution in [1.29, 1.82) is 0 Å². The molecule has 2 heterocycles. The smallest absolute Gasteiger partial charge is 0.137 e. The molecule has 130 valence electrons. The van der Waals surface area contributed by atoms with E-state index < -0.39 is 0 Å². The van der Waals surface area contributed by atoms with Gasteiger partial charge in [0.15, 0.2) is 0 Å². The molecule has 0 unspecified atom stereocenters. The quantitative estimate of drug-likeness (QED) is 0.613. The maximum Gasteiger partial charge on any atom is 0.137 e. The molecule has 0 radical (unpaired) electrons. The predicted molar refractivity (Wildman–Crippen MR) is 107 cm³/mol. The zero-order chi connectivity index (χ0) is 18.1. The molecule has 0 amide bonds. The number of benzene rings is 1. The Balaban J connectivity index is 2.15. The van der Waals surface area contributed by atoms with Gasteiger partial charge >= 0.3 is 0 Å². The second-order valence-electron chi connectivity index (χ2n) is 6.34. The lowest BCUT2D eigenvalue weighted by Crippen LogP contribution is -2.03. The first-order chi connectivity index (χ1) is 12.0. The summed E-state index contributed by atoms with van der Waals surface area (Å²) in [6.45, 7) is 15.1. The molecule has 0 saturated heterocycles. The minimum Gasteiger partial charge on any atom is -0.273 e. The third-order valence-electron chi connectivity index (χ3n) is 4.79. The summed E-state index contributed by atoms with van der Waals surface area (Å²) in [7, 11) is 0. The highest BCUT2D eigenvalue weighted by molar-refractivity contribution is 7.15. The Kier molecular flexibility index (Phi) is 4.91. The van der Waals surface area contributed by atoms with Crippen LogP contribution in [0.3, 0.4) is 0 Å². The van der Waals surface area contributed by atoms with Crippen LogP contribution in [0.2, 0.25) is 0 Å². The average molecular weight is 352 g/mol. The average Bonchev–Trinajstić information content (AvgIpc) is 3.14. The highest BCUT2D eigenvalue weighted by Crippen LogP contribution is 2.38. The zero-order valence-electron chi connectivity index (χ0n) is 15.7. The van der Waals surface area contributed by atoms with Crippen LogP contribution < -0.4 is 0 Å². The van der Waals surface area contributed by atoms with Gasteiger partial charge in [0.25, 0.3) is 0 Å². The molecule has 0 bridgehead atoms. The molecular formula is C21H25N3S. The summed E-state index contributed by atoms with van der Waals surface area (Å²) in [6, 6.07) is 8.74. The molecule has 3 rings (SSSR count). The van der Waals surface area contributed by atoms with E-state index in [1.54, 1.807) is 11.3 Å². The van der Waals surface area contributed by atoms with Gasteiger partial charge < -0.3 is 0 Å². The van der Waals surface area contributed by atoms with Gasteiger partial charge in [-0.15, -0.1) is 21.5 Å². The van der Waals surface area contributed by atoms with Crippen LogP contribution in [0.4, 0.5) is 0 Å². The van der Waals surface area contributed by atoms with Gasteiger partial charge in [0.2, 0.25) is 0 Å². The Morgan fingerprint density at radius 1 is 1.04 bits per heavy atom. The molecule has 0 N–H and O–H groups in total.